The van der Waals surface area contributed by atoms with Gasteiger partial charge in [0.25, 0.3) is 0 Å². The molecule has 1 aromatic heterocycles. The maximum Gasteiger partial charge on any atom is 0.762 e. The summed E-state index contributed by atoms with van der Waals surface area (Å²) in [6.45, 7) is 0. The number of aromatic amines is 1. The van der Waals surface area contributed by atoms with Crippen LogP contribution in [0, 0.1) is 0 Å². The molecule has 0 bridgehead atoms. The molecule has 2 rings (SSSR count). The van der Waals surface area contributed by atoms with E-state index in [2.05, 4.69) is 23.2 Å². The molecule has 0 aliphatic heterocycles. The Balaban J connectivity index is 0.000000184. The fourth-order valence-corrected chi connectivity index (χ4v) is 0.995. The summed E-state index contributed by atoms with van der Waals surface area (Å²) in [5.74, 6) is 0. The Morgan fingerprint density at radius 3 is 2.23 bits per heavy atom. The minimum absolute atomic E-state index is 1.21. The highest BCUT2D eigenvalue weighted by molar-refractivity contribution is 6.33. The highest BCUT2D eigenvalue weighted by Gasteiger charge is 2.06. The molecular weight excluding hydrogens is 178 g/mol. The van der Waals surface area contributed by atoms with E-state index in [-0.39, 0.29) is 0 Å². The number of halogens is 3. The lowest BCUT2D eigenvalue weighted by Crippen LogP contribution is -1.76. The second kappa shape index (κ2) is 4.59. The van der Waals surface area contributed by atoms with Crippen LogP contribution in [0.4, 0.5) is 12.9 Å². The Hall–Kier alpha value is -1.39. The maximum atomic E-state index is 9.67. The van der Waals surface area contributed by atoms with Crippen molar-refractivity contribution < 1.29 is 12.9 Å². The van der Waals surface area contributed by atoms with E-state index in [4.69, 9.17) is 0 Å². The average Bonchev–Trinajstić information content (AvgIpc) is 2.49. The van der Waals surface area contributed by atoms with E-state index < -0.39 is 7.54 Å². The third-order valence-corrected chi connectivity index (χ3v) is 1.46. The van der Waals surface area contributed by atoms with Gasteiger partial charge in [-0.15, -0.1) is 0 Å². The molecule has 0 saturated heterocycles. The first-order valence-corrected chi connectivity index (χ1v) is 3.64. The molecule has 5 heteroatoms. The largest absolute Gasteiger partial charge is 0.762 e. The highest BCUT2D eigenvalue weighted by atomic mass is 19.4. The van der Waals surface area contributed by atoms with Gasteiger partial charge in [-0.3, -0.25) is 12.9 Å². The van der Waals surface area contributed by atoms with Gasteiger partial charge >= 0.3 is 7.54 Å². The molecule has 0 amide bonds. The summed E-state index contributed by atoms with van der Waals surface area (Å²) in [6, 6.07) is 10.3. The molecule has 1 heterocycles. The van der Waals surface area contributed by atoms with Gasteiger partial charge in [-0.1, -0.05) is 18.2 Å². The van der Waals surface area contributed by atoms with Crippen LogP contribution in [-0.4, -0.2) is 12.5 Å². The van der Waals surface area contributed by atoms with Crippen molar-refractivity contribution >= 4 is 18.4 Å². The Kier molecular flexibility index (Phi) is 3.43. The quantitative estimate of drug-likeness (QED) is 0.607. The summed E-state index contributed by atoms with van der Waals surface area (Å²) in [5.41, 5.74) is 1.21. The van der Waals surface area contributed by atoms with Crippen LogP contribution in [0.3, 0.4) is 0 Å². The molecule has 0 saturated carbocycles. The predicted molar refractivity (Wildman–Crippen MR) is 47.4 cm³/mol. The molecule has 0 aliphatic rings. The van der Waals surface area contributed by atoms with Crippen LogP contribution < -0.4 is 0 Å². The SMILES string of the molecule is FB(F)F.c1ccc2[nH]ccc2c1. The number of fused-ring (bicyclic) bond motifs is 1. The van der Waals surface area contributed by atoms with Gasteiger partial charge in [-0.25, -0.2) is 0 Å². The Morgan fingerprint density at radius 2 is 1.62 bits per heavy atom. The van der Waals surface area contributed by atoms with Crippen LogP contribution in [0.5, 0.6) is 0 Å². The number of nitrogens with one attached hydrogen (secondary N) is 1. The van der Waals surface area contributed by atoms with E-state index in [1.807, 2.05) is 18.3 Å². The van der Waals surface area contributed by atoms with Gasteiger partial charge in [0.15, 0.2) is 0 Å². The smallest absolute Gasteiger partial charge is 0.361 e. The van der Waals surface area contributed by atoms with Crippen LogP contribution in [-0.2, 0) is 0 Å². The maximum absolute atomic E-state index is 9.67. The van der Waals surface area contributed by atoms with Crippen molar-refractivity contribution in [1.29, 1.82) is 0 Å². The van der Waals surface area contributed by atoms with Crippen molar-refractivity contribution in [1.82, 2.24) is 4.98 Å². The number of H-pyrrole nitrogens is 1. The van der Waals surface area contributed by atoms with Crippen LogP contribution >= 0.6 is 0 Å². The molecule has 0 radical (unpaired) electrons. The second-order valence-corrected chi connectivity index (χ2v) is 2.31. The molecule has 1 N–H and O–H groups in total. The molecule has 2 aromatic rings. The molecule has 0 unspecified atom stereocenters. The van der Waals surface area contributed by atoms with Gasteiger partial charge in [-0.05, 0) is 17.5 Å². The van der Waals surface area contributed by atoms with Gasteiger partial charge < -0.3 is 4.98 Å². The van der Waals surface area contributed by atoms with Crippen molar-refractivity contribution in [2.24, 2.45) is 0 Å². The summed E-state index contributed by atoms with van der Waals surface area (Å²) in [5, 5.41) is 1.28. The van der Waals surface area contributed by atoms with Crippen LogP contribution in [0.25, 0.3) is 10.9 Å². The number of aromatic nitrogens is 1. The van der Waals surface area contributed by atoms with E-state index in [1.54, 1.807) is 0 Å². The highest BCUT2D eigenvalue weighted by Crippen LogP contribution is 2.09. The topological polar surface area (TPSA) is 15.8 Å². The van der Waals surface area contributed by atoms with Gasteiger partial charge in [-0.2, -0.15) is 0 Å². The first-order chi connectivity index (χ1) is 6.20. The van der Waals surface area contributed by atoms with E-state index in [9.17, 15) is 12.9 Å². The number of hydrogen-bond acceptors (Lipinski definition) is 0. The van der Waals surface area contributed by atoms with E-state index in [0.29, 0.717) is 0 Å². The van der Waals surface area contributed by atoms with Gasteiger partial charge in [0.05, 0.1) is 0 Å². The van der Waals surface area contributed by atoms with Gasteiger partial charge in [0.1, 0.15) is 0 Å². The summed E-state index contributed by atoms with van der Waals surface area (Å²) in [6.07, 6.45) is 1.95. The van der Waals surface area contributed by atoms with E-state index >= 15 is 0 Å². The zero-order valence-corrected chi connectivity index (χ0v) is 6.68. The summed E-state index contributed by atoms with van der Waals surface area (Å²) < 4.78 is 29.0. The van der Waals surface area contributed by atoms with E-state index in [1.165, 1.54) is 10.9 Å². The zero-order chi connectivity index (χ0) is 9.68. The third kappa shape index (κ3) is 3.23. The molecule has 13 heavy (non-hydrogen) atoms. The van der Waals surface area contributed by atoms with Crippen LogP contribution in [0.2, 0.25) is 0 Å². The average molecular weight is 185 g/mol. The zero-order valence-electron chi connectivity index (χ0n) is 6.68. The lowest BCUT2D eigenvalue weighted by Gasteiger charge is -1.83. The first kappa shape index (κ1) is 9.70. The molecule has 0 atom stereocenters. The number of hydrogen-bond donors (Lipinski definition) is 1. The van der Waals surface area contributed by atoms with Gasteiger partial charge in [0.2, 0.25) is 0 Å². The monoisotopic (exact) mass is 185 g/mol. The fraction of sp³-hybridized carbons (Fsp3) is 0. The molecular formula is C8H7BF3N. The van der Waals surface area contributed by atoms with E-state index in [0.717, 1.165) is 0 Å². The second-order valence-electron chi connectivity index (χ2n) is 2.31. The van der Waals surface area contributed by atoms with Crippen molar-refractivity contribution in [3.8, 4) is 0 Å². The molecule has 0 fully saturated rings. The normalized spacial score (nSPS) is 9.15. The van der Waals surface area contributed by atoms with Crippen LogP contribution in [0.1, 0.15) is 0 Å². The number of para-hydroxylation sites is 1. The van der Waals surface area contributed by atoms with Crippen molar-refractivity contribution in [2.75, 3.05) is 0 Å². The third-order valence-electron chi connectivity index (χ3n) is 1.46. The Bertz CT molecular complexity index is 328. The minimum atomic E-state index is -3.67. The van der Waals surface area contributed by atoms with Crippen molar-refractivity contribution in [3.63, 3.8) is 0 Å². The number of benzene rings is 1. The molecule has 1 nitrogen and oxygen atoms in total. The molecule has 0 aliphatic carbocycles. The van der Waals surface area contributed by atoms with Crippen molar-refractivity contribution in [2.45, 2.75) is 0 Å². The predicted octanol–water partition coefficient (Wildman–Crippen LogP) is 3.05. The minimum Gasteiger partial charge on any atom is -0.361 e. The van der Waals surface area contributed by atoms with Gasteiger partial charge in [0, 0.05) is 11.7 Å². The molecule has 0 spiro atoms. The summed E-state index contributed by atoms with van der Waals surface area (Å²) >= 11 is 0. The summed E-state index contributed by atoms with van der Waals surface area (Å²) in [4.78, 5) is 3.12. The van der Waals surface area contributed by atoms with Crippen LogP contribution in [0.15, 0.2) is 36.5 Å². The fourth-order valence-electron chi connectivity index (χ4n) is 0.995. The molecule has 68 valence electrons. The number of rotatable bonds is 0. The Morgan fingerprint density at radius 1 is 1.00 bits per heavy atom. The summed E-state index contributed by atoms with van der Waals surface area (Å²) in [7, 11) is -3.67. The van der Waals surface area contributed by atoms with Crippen molar-refractivity contribution in [3.05, 3.63) is 36.5 Å². The Labute approximate surface area is 73.8 Å². The molecule has 1 aromatic carbocycles. The lowest BCUT2D eigenvalue weighted by molar-refractivity contribution is 0.535. The standard InChI is InChI=1S/C8H7N.BF3/c1-2-4-8-7(3-1)5-6-9-8;2-1(3)4/h1-6,9H;. The first-order valence-electron chi connectivity index (χ1n) is 3.64. The lowest BCUT2D eigenvalue weighted by atomic mass is 10.3.